The number of nitrogens with zero attached hydrogens (tertiary/aromatic N) is 2. The van der Waals surface area contributed by atoms with Crippen LogP contribution in [0.25, 0.3) is 0 Å². The number of hydrogen-bond donors (Lipinski definition) is 1. The summed E-state index contributed by atoms with van der Waals surface area (Å²) in [5.74, 6) is 0.753. The maximum atomic E-state index is 11.8. The van der Waals surface area contributed by atoms with Crippen LogP contribution < -0.4 is 10.1 Å². The number of carbonyl (C=O) groups is 1. The van der Waals surface area contributed by atoms with Crippen molar-refractivity contribution in [2.24, 2.45) is 0 Å². The molecule has 0 saturated heterocycles. The van der Waals surface area contributed by atoms with Crippen LogP contribution in [0, 0.1) is 0 Å². The minimum Gasteiger partial charge on any atom is -0.461 e. The van der Waals surface area contributed by atoms with E-state index < -0.39 is 5.97 Å². The number of anilines is 2. The number of thiazole rings is 1. The third-order valence-electron chi connectivity index (χ3n) is 3.90. The van der Waals surface area contributed by atoms with Crippen LogP contribution in [0.15, 0.2) is 48.0 Å². The van der Waals surface area contributed by atoms with Crippen molar-refractivity contribution >= 4 is 28.1 Å². The molecular formula is C21H23N3O3S. The Morgan fingerprint density at radius 2 is 1.96 bits per heavy atom. The van der Waals surface area contributed by atoms with Crippen molar-refractivity contribution in [2.75, 3.05) is 11.9 Å². The Bertz CT molecular complexity index is 963. The van der Waals surface area contributed by atoms with Gasteiger partial charge in [0.15, 0.2) is 10.8 Å². The van der Waals surface area contributed by atoms with Crippen molar-refractivity contribution < 1.29 is 14.3 Å². The Labute approximate surface area is 168 Å². The molecule has 3 rings (SSSR count). The molecule has 0 aliphatic rings. The van der Waals surface area contributed by atoms with Gasteiger partial charge in [-0.3, -0.25) is 0 Å². The Hall–Kier alpha value is -2.93. The van der Waals surface area contributed by atoms with Crippen molar-refractivity contribution in [3.8, 4) is 11.6 Å². The van der Waals surface area contributed by atoms with Crippen LogP contribution in [0.3, 0.4) is 0 Å². The van der Waals surface area contributed by atoms with E-state index in [1.54, 1.807) is 18.5 Å². The van der Waals surface area contributed by atoms with Gasteiger partial charge in [0.25, 0.3) is 0 Å². The molecule has 0 amide bonds. The zero-order chi connectivity index (χ0) is 20.1. The number of pyridine rings is 1. The van der Waals surface area contributed by atoms with E-state index >= 15 is 0 Å². The molecule has 0 atom stereocenters. The van der Waals surface area contributed by atoms with E-state index in [1.165, 1.54) is 11.3 Å². The van der Waals surface area contributed by atoms with Gasteiger partial charge in [-0.05, 0) is 30.5 Å². The number of rotatable bonds is 6. The number of nitrogens with one attached hydrogen (secondary N) is 1. The number of hydrogen-bond acceptors (Lipinski definition) is 7. The quantitative estimate of drug-likeness (QED) is 0.550. The lowest BCUT2D eigenvalue weighted by Gasteiger charge is -2.22. The van der Waals surface area contributed by atoms with Gasteiger partial charge in [0, 0.05) is 17.1 Å². The number of para-hydroxylation sites is 1. The summed E-state index contributed by atoms with van der Waals surface area (Å²) in [6.07, 6.45) is 1.67. The zero-order valence-corrected chi connectivity index (χ0v) is 17.2. The summed E-state index contributed by atoms with van der Waals surface area (Å²) in [7, 11) is 0. The molecule has 146 valence electrons. The molecule has 2 aromatic heterocycles. The van der Waals surface area contributed by atoms with Gasteiger partial charge in [-0.15, -0.1) is 11.3 Å². The standard InChI is InChI=1S/C21H23N3O3S/c1-5-26-19(25)16-13-28-20(24-16)23-15-10-8-12-22-18(15)27-17-11-7-6-9-14(17)21(2,3)4/h6-13H,5H2,1-4H3,(H,23,24). The molecule has 0 aliphatic heterocycles. The Morgan fingerprint density at radius 3 is 2.71 bits per heavy atom. The fraction of sp³-hybridized carbons (Fsp3) is 0.286. The second-order valence-electron chi connectivity index (χ2n) is 7.09. The number of benzene rings is 1. The first-order valence-electron chi connectivity index (χ1n) is 9.00. The Kier molecular flexibility index (Phi) is 5.94. The third-order valence-corrected chi connectivity index (χ3v) is 4.66. The highest BCUT2D eigenvalue weighted by atomic mass is 32.1. The summed E-state index contributed by atoms with van der Waals surface area (Å²) < 4.78 is 11.1. The van der Waals surface area contributed by atoms with Crippen LogP contribution in [0.4, 0.5) is 10.8 Å². The predicted molar refractivity (Wildman–Crippen MR) is 111 cm³/mol. The fourth-order valence-electron chi connectivity index (χ4n) is 2.59. The molecule has 0 aliphatic carbocycles. The normalized spacial score (nSPS) is 11.1. The molecule has 0 fully saturated rings. The summed E-state index contributed by atoms with van der Waals surface area (Å²) in [5, 5.41) is 5.40. The number of ether oxygens (including phenoxy) is 2. The van der Waals surface area contributed by atoms with Crippen molar-refractivity contribution in [1.29, 1.82) is 0 Å². The van der Waals surface area contributed by atoms with E-state index in [1.807, 2.05) is 30.3 Å². The molecule has 0 saturated carbocycles. The van der Waals surface area contributed by atoms with Gasteiger partial charge < -0.3 is 14.8 Å². The highest BCUT2D eigenvalue weighted by Crippen LogP contribution is 2.36. The minimum atomic E-state index is -0.437. The van der Waals surface area contributed by atoms with Crippen LogP contribution >= 0.6 is 11.3 Å². The topological polar surface area (TPSA) is 73.3 Å². The minimum absolute atomic E-state index is 0.0667. The van der Waals surface area contributed by atoms with E-state index in [2.05, 4.69) is 42.1 Å². The van der Waals surface area contributed by atoms with Crippen LogP contribution in [0.2, 0.25) is 0 Å². The maximum absolute atomic E-state index is 11.8. The van der Waals surface area contributed by atoms with E-state index in [4.69, 9.17) is 9.47 Å². The van der Waals surface area contributed by atoms with Crippen molar-refractivity contribution in [2.45, 2.75) is 33.1 Å². The summed E-state index contributed by atoms with van der Waals surface area (Å²) in [4.78, 5) is 20.5. The molecule has 7 heteroatoms. The number of aromatic nitrogens is 2. The average molecular weight is 398 g/mol. The third kappa shape index (κ3) is 4.67. The van der Waals surface area contributed by atoms with Crippen LogP contribution in [-0.2, 0) is 10.2 Å². The first-order chi connectivity index (χ1) is 13.4. The summed E-state index contributed by atoms with van der Waals surface area (Å²) >= 11 is 1.31. The molecular weight excluding hydrogens is 374 g/mol. The number of carbonyl (C=O) groups excluding carboxylic acids is 1. The lowest BCUT2D eigenvalue weighted by Crippen LogP contribution is -2.12. The predicted octanol–water partition coefficient (Wildman–Crippen LogP) is 5.55. The molecule has 1 aromatic carbocycles. The smallest absolute Gasteiger partial charge is 0.357 e. The van der Waals surface area contributed by atoms with Crippen molar-refractivity contribution in [1.82, 2.24) is 9.97 Å². The van der Waals surface area contributed by atoms with E-state index in [0.29, 0.717) is 23.3 Å². The second kappa shape index (κ2) is 8.39. The first kappa shape index (κ1) is 19.8. The van der Waals surface area contributed by atoms with E-state index in [-0.39, 0.29) is 11.1 Å². The maximum Gasteiger partial charge on any atom is 0.357 e. The van der Waals surface area contributed by atoms with Crippen molar-refractivity contribution in [3.05, 3.63) is 59.2 Å². The molecule has 2 heterocycles. The molecule has 28 heavy (non-hydrogen) atoms. The van der Waals surface area contributed by atoms with Gasteiger partial charge in [0.05, 0.1) is 6.61 Å². The van der Waals surface area contributed by atoms with Crippen molar-refractivity contribution in [3.63, 3.8) is 0 Å². The molecule has 0 bridgehead atoms. The molecule has 0 spiro atoms. The van der Waals surface area contributed by atoms with Gasteiger partial charge in [0.1, 0.15) is 11.4 Å². The van der Waals surface area contributed by atoms with Gasteiger partial charge in [-0.2, -0.15) is 0 Å². The highest BCUT2D eigenvalue weighted by Gasteiger charge is 2.20. The summed E-state index contributed by atoms with van der Waals surface area (Å²) in [5.41, 5.74) is 1.96. The van der Waals surface area contributed by atoms with E-state index in [9.17, 15) is 4.79 Å². The Morgan fingerprint density at radius 1 is 1.18 bits per heavy atom. The van der Waals surface area contributed by atoms with Crippen LogP contribution in [0.5, 0.6) is 11.6 Å². The van der Waals surface area contributed by atoms with Gasteiger partial charge >= 0.3 is 5.97 Å². The molecule has 0 unspecified atom stereocenters. The molecule has 3 aromatic rings. The van der Waals surface area contributed by atoms with E-state index in [0.717, 1.165) is 11.3 Å². The fourth-order valence-corrected chi connectivity index (χ4v) is 3.28. The average Bonchev–Trinajstić information content (AvgIpc) is 3.12. The first-order valence-corrected chi connectivity index (χ1v) is 9.88. The monoisotopic (exact) mass is 397 g/mol. The Balaban J connectivity index is 1.84. The zero-order valence-electron chi connectivity index (χ0n) is 16.4. The van der Waals surface area contributed by atoms with Crippen LogP contribution in [-0.4, -0.2) is 22.5 Å². The summed E-state index contributed by atoms with van der Waals surface area (Å²) in [6, 6.07) is 11.6. The largest absolute Gasteiger partial charge is 0.461 e. The van der Waals surface area contributed by atoms with Gasteiger partial charge in [-0.1, -0.05) is 39.0 Å². The SMILES string of the molecule is CCOC(=O)c1csc(Nc2cccnc2Oc2ccccc2C(C)(C)C)n1. The lowest BCUT2D eigenvalue weighted by atomic mass is 9.86. The van der Waals surface area contributed by atoms with Gasteiger partial charge in [-0.25, -0.2) is 14.8 Å². The van der Waals surface area contributed by atoms with Gasteiger partial charge in [0.2, 0.25) is 5.88 Å². The molecule has 0 radical (unpaired) electrons. The highest BCUT2D eigenvalue weighted by molar-refractivity contribution is 7.14. The van der Waals surface area contributed by atoms with Crippen LogP contribution in [0.1, 0.15) is 43.7 Å². The molecule has 6 nitrogen and oxygen atoms in total. The second-order valence-corrected chi connectivity index (χ2v) is 7.95. The summed E-state index contributed by atoms with van der Waals surface area (Å²) in [6.45, 7) is 8.49. The molecule has 1 N–H and O–H groups in total. The lowest BCUT2D eigenvalue weighted by molar-refractivity contribution is 0.0520. The number of esters is 1.